The summed E-state index contributed by atoms with van der Waals surface area (Å²) in [6, 6.07) is 0. The second-order valence-corrected chi connectivity index (χ2v) is 3.65. The Labute approximate surface area is 121 Å². The number of carboxylic acids is 4. The Morgan fingerprint density at radius 2 is 0.857 bits per heavy atom. The number of carboxylic acid groups (broad SMARTS) is 4. The first-order chi connectivity index (χ1) is 9.52. The molecule has 0 radical (unpaired) electrons. The Kier molecular flexibility index (Phi) is 18.0. The molecule has 0 unspecified atom stereocenters. The summed E-state index contributed by atoms with van der Waals surface area (Å²) in [4.78, 5) is 38.6. The molecular formula is C11H22N2O8. The van der Waals surface area contributed by atoms with Gasteiger partial charge in [0.2, 0.25) is 0 Å². The molecule has 21 heavy (non-hydrogen) atoms. The molecule has 0 aliphatic rings. The predicted molar refractivity (Wildman–Crippen MR) is 71.5 cm³/mol. The number of rotatable bonds is 7. The summed E-state index contributed by atoms with van der Waals surface area (Å²) in [5.41, 5.74) is 10.1. The SMILES string of the molecule is CCC(N)N.O=C(O)CCC(=O)O.O=C(O)CCC(=O)O. The molecule has 0 heterocycles. The minimum absolute atomic E-state index is 0.116. The van der Waals surface area contributed by atoms with Gasteiger partial charge < -0.3 is 31.9 Å². The molecule has 0 aromatic carbocycles. The number of aliphatic carboxylic acids is 4. The molecule has 0 rings (SSSR count). The van der Waals surface area contributed by atoms with Crippen LogP contribution in [0, 0.1) is 0 Å². The molecule has 0 saturated carbocycles. The zero-order chi connectivity index (χ0) is 17.4. The maximum atomic E-state index is 9.64. The summed E-state index contributed by atoms with van der Waals surface area (Å²) in [5.74, 6) is -4.31. The molecule has 0 spiro atoms. The van der Waals surface area contributed by atoms with Gasteiger partial charge in [-0.3, -0.25) is 19.2 Å². The largest absolute Gasteiger partial charge is 0.481 e. The lowest BCUT2D eigenvalue weighted by Crippen LogP contribution is -2.28. The number of hydrogen-bond donors (Lipinski definition) is 6. The molecular weight excluding hydrogens is 288 g/mol. The highest BCUT2D eigenvalue weighted by Gasteiger charge is 2.01. The van der Waals surface area contributed by atoms with Gasteiger partial charge in [0, 0.05) is 0 Å². The van der Waals surface area contributed by atoms with E-state index in [1.165, 1.54) is 0 Å². The average molecular weight is 310 g/mol. The van der Waals surface area contributed by atoms with Crippen LogP contribution in [0.15, 0.2) is 0 Å². The van der Waals surface area contributed by atoms with Gasteiger partial charge in [-0.15, -0.1) is 0 Å². The second kappa shape index (κ2) is 15.9. The van der Waals surface area contributed by atoms with Gasteiger partial charge in [-0.1, -0.05) is 6.92 Å². The smallest absolute Gasteiger partial charge is 0.303 e. The van der Waals surface area contributed by atoms with Gasteiger partial charge >= 0.3 is 23.9 Å². The quantitative estimate of drug-likeness (QED) is 0.333. The first-order valence-corrected chi connectivity index (χ1v) is 5.91. The lowest BCUT2D eigenvalue weighted by molar-refractivity contribution is -0.143. The second-order valence-electron chi connectivity index (χ2n) is 3.65. The summed E-state index contributed by atoms with van der Waals surface area (Å²) in [7, 11) is 0. The van der Waals surface area contributed by atoms with Crippen molar-refractivity contribution in [3.8, 4) is 0 Å². The molecule has 10 nitrogen and oxygen atoms in total. The minimum atomic E-state index is -1.08. The highest BCUT2D eigenvalue weighted by Crippen LogP contribution is 1.86. The molecule has 8 N–H and O–H groups in total. The monoisotopic (exact) mass is 310 g/mol. The van der Waals surface area contributed by atoms with Gasteiger partial charge in [-0.05, 0) is 6.42 Å². The molecule has 0 aliphatic carbocycles. The van der Waals surface area contributed by atoms with Gasteiger partial charge in [-0.2, -0.15) is 0 Å². The summed E-state index contributed by atoms with van der Waals surface area (Å²) < 4.78 is 0. The maximum Gasteiger partial charge on any atom is 0.303 e. The molecule has 0 fully saturated rings. The van der Waals surface area contributed by atoms with Crippen molar-refractivity contribution in [2.24, 2.45) is 11.5 Å². The molecule has 0 bridgehead atoms. The van der Waals surface area contributed by atoms with Crippen molar-refractivity contribution in [3.63, 3.8) is 0 Å². The van der Waals surface area contributed by atoms with E-state index in [9.17, 15) is 19.2 Å². The number of nitrogens with two attached hydrogens (primary N) is 2. The summed E-state index contributed by atoms with van der Waals surface area (Å²) >= 11 is 0. The third-order valence-corrected chi connectivity index (χ3v) is 1.58. The third kappa shape index (κ3) is 46.3. The van der Waals surface area contributed by atoms with Gasteiger partial charge in [0.15, 0.2) is 0 Å². The molecule has 0 saturated heterocycles. The zero-order valence-electron chi connectivity index (χ0n) is 11.7. The fourth-order valence-electron chi connectivity index (χ4n) is 0.428. The van der Waals surface area contributed by atoms with E-state index in [0.29, 0.717) is 0 Å². The van der Waals surface area contributed by atoms with Crippen LogP contribution in [0.2, 0.25) is 0 Å². The molecule has 0 aliphatic heterocycles. The normalized spacial score (nSPS) is 8.76. The zero-order valence-corrected chi connectivity index (χ0v) is 11.7. The van der Waals surface area contributed by atoms with Gasteiger partial charge in [-0.25, -0.2) is 0 Å². The fraction of sp³-hybridized carbons (Fsp3) is 0.636. The van der Waals surface area contributed by atoms with Crippen LogP contribution in [0.4, 0.5) is 0 Å². The van der Waals surface area contributed by atoms with E-state index in [1.807, 2.05) is 6.92 Å². The van der Waals surface area contributed by atoms with Crippen molar-refractivity contribution >= 4 is 23.9 Å². The molecule has 124 valence electrons. The average Bonchev–Trinajstić information content (AvgIpc) is 2.35. The van der Waals surface area contributed by atoms with E-state index >= 15 is 0 Å². The minimum Gasteiger partial charge on any atom is -0.481 e. The molecule has 0 aromatic heterocycles. The van der Waals surface area contributed by atoms with Crippen LogP contribution in [-0.2, 0) is 19.2 Å². The third-order valence-electron chi connectivity index (χ3n) is 1.58. The van der Waals surface area contributed by atoms with Crippen LogP contribution >= 0.6 is 0 Å². The van der Waals surface area contributed by atoms with Crippen LogP contribution in [0.5, 0.6) is 0 Å². The summed E-state index contributed by atoms with van der Waals surface area (Å²) in [6.45, 7) is 1.95. The van der Waals surface area contributed by atoms with Crippen molar-refractivity contribution < 1.29 is 39.6 Å². The molecule has 0 amide bonds. The summed E-state index contributed by atoms with van der Waals surface area (Å²) in [5, 5.41) is 31.6. The first-order valence-electron chi connectivity index (χ1n) is 5.91. The maximum absolute atomic E-state index is 9.64. The highest BCUT2D eigenvalue weighted by molar-refractivity contribution is 5.75. The lowest BCUT2D eigenvalue weighted by Gasteiger charge is -1.92. The van der Waals surface area contributed by atoms with Crippen LogP contribution in [0.1, 0.15) is 39.0 Å². The standard InChI is InChI=1S/2C4H6O4.C3H10N2/c2*5-3(6)1-2-4(7)8;1-2-3(4)5/h2*1-2H2,(H,5,6)(H,7,8);3H,2,4-5H2,1H3. The van der Waals surface area contributed by atoms with Crippen LogP contribution < -0.4 is 11.5 Å². The molecule has 10 heteroatoms. The topological polar surface area (TPSA) is 201 Å². The molecule has 0 atom stereocenters. The van der Waals surface area contributed by atoms with E-state index in [-0.39, 0.29) is 31.8 Å². The first kappa shape index (κ1) is 23.9. The van der Waals surface area contributed by atoms with E-state index in [1.54, 1.807) is 0 Å². The Morgan fingerprint density at radius 1 is 0.714 bits per heavy atom. The van der Waals surface area contributed by atoms with E-state index in [2.05, 4.69) is 0 Å². The number of hydrogen-bond acceptors (Lipinski definition) is 6. The van der Waals surface area contributed by atoms with Crippen LogP contribution in [0.3, 0.4) is 0 Å². The van der Waals surface area contributed by atoms with Crippen LogP contribution in [0.25, 0.3) is 0 Å². The van der Waals surface area contributed by atoms with Gasteiger partial charge in [0.05, 0.1) is 31.8 Å². The van der Waals surface area contributed by atoms with Crippen molar-refractivity contribution in [1.29, 1.82) is 0 Å². The highest BCUT2D eigenvalue weighted by atomic mass is 16.4. The predicted octanol–water partition coefficient (Wildman–Crippen LogP) is -0.488. The van der Waals surface area contributed by atoms with E-state index in [4.69, 9.17) is 31.9 Å². The Bertz CT molecular complexity index is 274. The van der Waals surface area contributed by atoms with E-state index in [0.717, 1.165) is 6.42 Å². The Balaban J connectivity index is -0.000000239. The van der Waals surface area contributed by atoms with E-state index < -0.39 is 23.9 Å². The van der Waals surface area contributed by atoms with Crippen molar-refractivity contribution in [3.05, 3.63) is 0 Å². The fourth-order valence-corrected chi connectivity index (χ4v) is 0.428. The number of carbonyl (C=O) groups is 4. The summed E-state index contributed by atoms with van der Waals surface area (Å²) in [6.07, 6.45) is -0.440. The Morgan fingerprint density at radius 3 is 0.905 bits per heavy atom. The van der Waals surface area contributed by atoms with Crippen molar-refractivity contribution in [2.45, 2.75) is 45.2 Å². The van der Waals surface area contributed by atoms with Crippen molar-refractivity contribution in [1.82, 2.24) is 0 Å². The van der Waals surface area contributed by atoms with Gasteiger partial charge in [0.1, 0.15) is 0 Å². The Hall–Kier alpha value is -2.20. The van der Waals surface area contributed by atoms with Crippen molar-refractivity contribution in [2.75, 3.05) is 0 Å². The molecule has 0 aromatic rings. The lowest BCUT2D eigenvalue weighted by atomic mass is 10.3. The van der Waals surface area contributed by atoms with Crippen LogP contribution in [-0.4, -0.2) is 50.5 Å². The van der Waals surface area contributed by atoms with Gasteiger partial charge in [0.25, 0.3) is 0 Å².